The average Bonchev–Trinajstić information content (AvgIpc) is 3.13. The van der Waals surface area contributed by atoms with Crippen molar-refractivity contribution >= 4 is 17.7 Å². The number of rotatable bonds is 5. The number of aliphatic hydroxyl groups is 1. The van der Waals surface area contributed by atoms with Crippen molar-refractivity contribution in [1.29, 1.82) is 5.26 Å². The van der Waals surface area contributed by atoms with Crippen molar-refractivity contribution in [2.24, 2.45) is 0 Å². The molecule has 31 heavy (non-hydrogen) atoms. The van der Waals surface area contributed by atoms with E-state index in [0.717, 1.165) is 11.1 Å². The number of thioether (sulfide) groups is 1. The van der Waals surface area contributed by atoms with E-state index in [2.05, 4.69) is 6.07 Å². The molecule has 0 saturated carbocycles. The molecule has 1 saturated heterocycles. The lowest BCUT2D eigenvalue weighted by Gasteiger charge is -2.38. The van der Waals surface area contributed by atoms with Gasteiger partial charge in [0, 0.05) is 17.9 Å². The van der Waals surface area contributed by atoms with E-state index in [9.17, 15) is 15.2 Å². The standard InChI is InChI=1S/C24H24N2O4S/c1-4-30-21-11-16(7-10-20(21)29-3)18-12-22(27)26-23(19(18)13-25)31-14-24(26,28)17-8-5-15(2)6-9-17/h5-11,18,28H,4,12,14H2,1-3H3/t18-,24+/m0/s1. The van der Waals surface area contributed by atoms with Crippen LogP contribution in [0, 0.1) is 18.3 Å². The predicted molar refractivity (Wildman–Crippen MR) is 119 cm³/mol. The summed E-state index contributed by atoms with van der Waals surface area (Å²) in [6, 6.07) is 15.3. The molecule has 2 atom stereocenters. The highest BCUT2D eigenvalue weighted by atomic mass is 32.2. The van der Waals surface area contributed by atoms with Crippen LogP contribution in [0.1, 0.15) is 36.0 Å². The average molecular weight is 437 g/mol. The lowest BCUT2D eigenvalue weighted by atomic mass is 9.85. The Morgan fingerprint density at radius 2 is 2.00 bits per heavy atom. The smallest absolute Gasteiger partial charge is 0.231 e. The Bertz CT molecular complexity index is 1090. The number of carbonyl (C=O) groups is 1. The molecule has 1 fully saturated rings. The molecule has 0 radical (unpaired) electrons. The van der Waals surface area contributed by atoms with Crippen LogP contribution in [-0.4, -0.2) is 35.4 Å². The van der Waals surface area contributed by atoms with Crippen LogP contribution in [0.25, 0.3) is 0 Å². The molecule has 6 nitrogen and oxygen atoms in total. The van der Waals surface area contributed by atoms with Crippen molar-refractivity contribution in [2.45, 2.75) is 31.9 Å². The molecular weight excluding hydrogens is 412 g/mol. The largest absolute Gasteiger partial charge is 0.493 e. The minimum absolute atomic E-state index is 0.0962. The van der Waals surface area contributed by atoms with Crippen molar-refractivity contribution in [1.82, 2.24) is 4.90 Å². The number of benzene rings is 2. The molecule has 0 bridgehead atoms. The summed E-state index contributed by atoms with van der Waals surface area (Å²) in [7, 11) is 1.57. The first-order valence-corrected chi connectivity index (χ1v) is 11.1. The van der Waals surface area contributed by atoms with Crippen molar-refractivity contribution in [3.63, 3.8) is 0 Å². The van der Waals surface area contributed by atoms with E-state index in [-0.39, 0.29) is 18.1 Å². The third-order valence-corrected chi connectivity index (χ3v) is 6.94. The van der Waals surface area contributed by atoms with E-state index in [1.54, 1.807) is 13.2 Å². The summed E-state index contributed by atoms with van der Waals surface area (Å²) in [5.74, 6) is 0.851. The van der Waals surface area contributed by atoms with E-state index in [0.29, 0.717) is 34.3 Å². The van der Waals surface area contributed by atoms with Crippen LogP contribution in [0.3, 0.4) is 0 Å². The molecule has 2 aliphatic rings. The summed E-state index contributed by atoms with van der Waals surface area (Å²) in [6.45, 7) is 4.33. The monoisotopic (exact) mass is 436 g/mol. The molecule has 1 amide bonds. The number of nitrogens with zero attached hydrogens (tertiary/aromatic N) is 2. The van der Waals surface area contributed by atoms with Gasteiger partial charge in [-0.2, -0.15) is 5.26 Å². The molecule has 160 valence electrons. The molecule has 0 aliphatic carbocycles. The van der Waals surface area contributed by atoms with Gasteiger partial charge in [-0.05, 0) is 31.5 Å². The van der Waals surface area contributed by atoms with Gasteiger partial charge in [-0.25, -0.2) is 0 Å². The Balaban J connectivity index is 1.77. The normalized spacial score (nSPS) is 22.9. The van der Waals surface area contributed by atoms with Gasteiger partial charge in [0.1, 0.15) is 0 Å². The minimum atomic E-state index is -1.46. The van der Waals surface area contributed by atoms with Crippen LogP contribution >= 0.6 is 11.8 Å². The Hall–Kier alpha value is -2.95. The van der Waals surface area contributed by atoms with Gasteiger partial charge < -0.3 is 14.6 Å². The minimum Gasteiger partial charge on any atom is -0.493 e. The van der Waals surface area contributed by atoms with Crippen molar-refractivity contribution in [3.8, 4) is 17.6 Å². The second kappa shape index (κ2) is 8.29. The zero-order valence-electron chi connectivity index (χ0n) is 17.7. The first kappa shape index (κ1) is 21.3. The fourth-order valence-corrected chi connectivity index (χ4v) is 5.48. The fourth-order valence-electron chi connectivity index (χ4n) is 4.12. The van der Waals surface area contributed by atoms with Crippen LogP contribution in [0.4, 0.5) is 0 Å². The maximum Gasteiger partial charge on any atom is 0.231 e. The number of hydrogen-bond donors (Lipinski definition) is 1. The second-order valence-corrected chi connectivity index (χ2v) is 8.60. The third-order valence-electron chi connectivity index (χ3n) is 5.71. The van der Waals surface area contributed by atoms with Gasteiger partial charge in [0.25, 0.3) is 0 Å². The van der Waals surface area contributed by atoms with Crippen LogP contribution in [0.5, 0.6) is 11.5 Å². The third kappa shape index (κ3) is 3.56. The summed E-state index contributed by atoms with van der Waals surface area (Å²) >= 11 is 1.35. The van der Waals surface area contributed by atoms with Crippen molar-refractivity contribution < 1.29 is 19.4 Å². The first-order valence-electron chi connectivity index (χ1n) is 10.1. The summed E-state index contributed by atoms with van der Waals surface area (Å²) in [5.41, 5.74) is 1.55. The van der Waals surface area contributed by atoms with Gasteiger partial charge in [-0.1, -0.05) is 35.9 Å². The number of fused-ring (bicyclic) bond motifs is 1. The van der Waals surface area contributed by atoms with E-state index < -0.39 is 11.6 Å². The van der Waals surface area contributed by atoms with Crippen LogP contribution in [0.15, 0.2) is 53.1 Å². The highest BCUT2D eigenvalue weighted by molar-refractivity contribution is 8.03. The first-order chi connectivity index (χ1) is 14.9. The predicted octanol–water partition coefficient (Wildman–Crippen LogP) is 4.05. The fraction of sp³-hybridized carbons (Fsp3) is 0.333. The number of ether oxygens (including phenoxy) is 2. The van der Waals surface area contributed by atoms with Gasteiger partial charge >= 0.3 is 0 Å². The molecule has 2 aromatic carbocycles. The molecule has 0 aromatic heterocycles. The van der Waals surface area contributed by atoms with Gasteiger partial charge in [0.15, 0.2) is 17.2 Å². The number of methoxy groups -OCH3 is 1. The molecule has 0 spiro atoms. The van der Waals surface area contributed by atoms with Gasteiger partial charge in [0.2, 0.25) is 5.91 Å². The van der Waals surface area contributed by atoms with Crippen molar-refractivity contribution in [2.75, 3.05) is 19.5 Å². The lowest BCUT2D eigenvalue weighted by molar-refractivity contribution is -0.149. The van der Waals surface area contributed by atoms with Crippen LogP contribution < -0.4 is 9.47 Å². The van der Waals surface area contributed by atoms with E-state index >= 15 is 0 Å². The quantitative estimate of drug-likeness (QED) is 0.762. The molecule has 0 unspecified atom stereocenters. The lowest BCUT2D eigenvalue weighted by Crippen LogP contribution is -2.48. The maximum absolute atomic E-state index is 13.3. The van der Waals surface area contributed by atoms with Gasteiger partial charge in [-0.15, -0.1) is 11.8 Å². The van der Waals surface area contributed by atoms with E-state index in [4.69, 9.17) is 9.47 Å². The summed E-state index contributed by atoms with van der Waals surface area (Å²) in [4.78, 5) is 14.7. The maximum atomic E-state index is 13.3. The Morgan fingerprint density at radius 3 is 2.65 bits per heavy atom. The molecule has 1 N–H and O–H groups in total. The summed E-state index contributed by atoms with van der Waals surface area (Å²) < 4.78 is 11.0. The molecule has 2 aliphatic heterocycles. The van der Waals surface area contributed by atoms with Crippen LogP contribution in [0.2, 0.25) is 0 Å². The Kier molecular flexibility index (Phi) is 5.69. The molecule has 2 aromatic rings. The van der Waals surface area contributed by atoms with E-state index in [1.807, 2.05) is 50.2 Å². The molecular formula is C24H24N2O4S. The zero-order valence-corrected chi connectivity index (χ0v) is 18.5. The Labute approximate surface area is 186 Å². The highest BCUT2D eigenvalue weighted by Crippen LogP contribution is 2.52. The zero-order chi connectivity index (χ0) is 22.2. The summed E-state index contributed by atoms with van der Waals surface area (Å²) in [5, 5.41) is 22.0. The number of amides is 1. The van der Waals surface area contributed by atoms with Crippen LogP contribution in [-0.2, 0) is 10.5 Å². The number of hydrogen-bond acceptors (Lipinski definition) is 6. The summed E-state index contributed by atoms with van der Waals surface area (Å²) in [6.07, 6.45) is 0.0962. The number of carbonyl (C=O) groups excluding carboxylic acids is 1. The second-order valence-electron chi connectivity index (χ2n) is 7.63. The SMILES string of the molecule is CCOc1cc([C@@H]2CC(=O)N3C(=C2C#N)SC[C@@]3(O)c2ccc(C)cc2)ccc1OC. The Morgan fingerprint density at radius 1 is 1.26 bits per heavy atom. The number of nitriles is 1. The van der Waals surface area contributed by atoms with E-state index in [1.165, 1.54) is 16.7 Å². The van der Waals surface area contributed by atoms with Crippen molar-refractivity contribution in [3.05, 3.63) is 69.8 Å². The topological polar surface area (TPSA) is 82.8 Å². The molecule has 7 heteroatoms. The van der Waals surface area contributed by atoms with Gasteiger partial charge in [-0.3, -0.25) is 9.69 Å². The molecule has 4 rings (SSSR count). The number of allylic oxidation sites excluding steroid dienone is 1. The highest BCUT2D eigenvalue weighted by Gasteiger charge is 2.51. The number of aryl methyl sites for hydroxylation is 1. The molecule has 2 heterocycles. The van der Waals surface area contributed by atoms with Gasteiger partial charge in [0.05, 0.1) is 36.1 Å².